The van der Waals surface area contributed by atoms with Crippen molar-refractivity contribution in [3.05, 3.63) is 62.3 Å². The van der Waals surface area contributed by atoms with E-state index in [0.717, 1.165) is 43.8 Å². The molecule has 15 nitrogen and oxygen atoms in total. The third-order valence-corrected chi connectivity index (χ3v) is 15.7. The molecule has 0 unspecified atom stereocenters. The number of likely N-dealkylation sites (N-methyl/N-ethyl adjacent to an activating group) is 1. The quantitative estimate of drug-likeness (QED) is 0.110. The van der Waals surface area contributed by atoms with Crippen molar-refractivity contribution in [2.45, 2.75) is 156 Å². The normalized spacial score (nSPS) is 21.9. The number of carbonyl (C=O) groups is 4. The number of hydrazine groups is 1. The van der Waals surface area contributed by atoms with Crippen molar-refractivity contribution in [1.82, 2.24) is 35.2 Å². The minimum Gasteiger partial charge on any atom is -0.464 e. The zero-order chi connectivity index (χ0) is 49.5. The number of thiazole rings is 1. The lowest BCUT2D eigenvalue weighted by Gasteiger charge is -2.36. The van der Waals surface area contributed by atoms with E-state index in [9.17, 15) is 19.2 Å². The molecular formula is C50H69BBrN7O8S. The molecule has 0 aliphatic carbocycles. The Morgan fingerprint density at radius 2 is 1.78 bits per heavy atom. The van der Waals surface area contributed by atoms with E-state index in [1.165, 1.54) is 21.2 Å². The van der Waals surface area contributed by atoms with Crippen molar-refractivity contribution < 1.29 is 38.0 Å². The van der Waals surface area contributed by atoms with E-state index in [-0.39, 0.29) is 31.0 Å². The number of nitrogens with one attached hydrogen (secondary N) is 2. The lowest BCUT2D eigenvalue weighted by Crippen LogP contribution is -2.62. The van der Waals surface area contributed by atoms with Crippen LogP contribution in [0.4, 0.5) is 0 Å². The van der Waals surface area contributed by atoms with Gasteiger partial charge in [0.25, 0.3) is 5.91 Å². The van der Waals surface area contributed by atoms with Gasteiger partial charge in [-0.2, -0.15) is 0 Å². The van der Waals surface area contributed by atoms with Crippen LogP contribution in [0.15, 0.2) is 40.4 Å². The Morgan fingerprint density at radius 3 is 2.46 bits per heavy atom. The van der Waals surface area contributed by atoms with Crippen LogP contribution >= 0.6 is 27.3 Å². The third-order valence-electron chi connectivity index (χ3n) is 14.1. The topological polar surface area (TPSA) is 166 Å². The van der Waals surface area contributed by atoms with Crippen LogP contribution in [0.1, 0.15) is 123 Å². The SMILES string of the molecule is CCn1c(-c2cccnc2[C@H](C)OC)c(CC(C)(C)COC(=O)[C@@H]2CCCN(C(=O)[C@@H]3Cc4nc(Br)sc4CCCC(=O)N(C)[C@@H](C(C)C)C(=O)N3)N2)c2cc(B3OC(C)(C)C(C)(C)O3)ccc21. The Balaban J connectivity index is 1.13. The van der Waals surface area contributed by atoms with Crippen molar-refractivity contribution in [2.75, 3.05) is 27.3 Å². The highest BCUT2D eigenvalue weighted by Crippen LogP contribution is 2.42. The smallest absolute Gasteiger partial charge is 0.464 e. The summed E-state index contributed by atoms with van der Waals surface area (Å²) in [4.78, 5) is 67.8. The lowest BCUT2D eigenvalue weighted by molar-refractivity contribution is -0.155. The summed E-state index contributed by atoms with van der Waals surface area (Å²) in [6.07, 6.45) is 4.73. The highest BCUT2D eigenvalue weighted by molar-refractivity contribution is 9.11. The highest BCUT2D eigenvalue weighted by Gasteiger charge is 2.52. The second-order valence-corrected chi connectivity index (χ2v) is 23.0. The third kappa shape index (κ3) is 10.7. The van der Waals surface area contributed by atoms with Gasteiger partial charge < -0.3 is 33.6 Å². The first-order valence-electron chi connectivity index (χ1n) is 24.0. The van der Waals surface area contributed by atoms with Crippen LogP contribution in [0.2, 0.25) is 0 Å². The monoisotopic (exact) mass is 1020 g/mol. The van der Waals surface area contributed by atoms with Crippen LogP contribution < -0.4 is 16.2 Å². The number of benzene rings is 1. The molecule has 0 saturated carbocycles. The summed E-state index contributed by atoms with van der Waals surface area (Å²) < 4.78 is 28.1. The molecule has 68 heavy (non-hydrogen) atoms. The molecule has 368 valence electrons. The number of aromatic nitrogens is 3. The highest BCUT2D eigenvalue weighted by atomic mass is 79.9. The minimum atomic E-state index is -1.00. The van der Waals surface area contributed by atoms with Crippen LogP contribution in [0.3, 0.4) is 0 Å². The molecule has 0 spiro atoms. The van der Waals surface area contributed by atoms with Crippen LogP contribution in [-0.2, 0) is 63.8 Å². The molecule has 0 bridgehead atoms. The maximum absolute atomic E-state index is 14.5. The number of pyridine rings is 1. The van der Waals surface area contributed by atoms with Gasteiger partial charge in [-0.15, -0.1) is 11.3 Å². The van der Waals surface area contributed by atoms with Crippen LogP contribution in [0.5, 0.6) is 0 Å². The van der Waals surface area contributed by atoms with Gasteiger partial charge in [0, 0.05) is 73.0 Å². The standard InChI is InChI=1S/C50H69BBrN7O8S/c1-13-58-38-22-21-31(51-66-49(7,8)50(9,10)67-51)25-33(38)34(43(58)32-17-15-23-53-41(32)30(4)64-12)27-48(5,6)28-65-46(63)35-18-16-24-59(56-35)45(62)37-26-36-39(68-47(52)55-36)19-14-20-40(60)57(11)42(29(2)3)44(61)54-37/h15,17,21-23,25,29-30,35,37,42,56H,13-14,16,18-20,24,26-28H2,1-12H3,(H,54,61)/t30-,35-,37-,42-/m0/s1. The summed E-state index contributed by atoms with van der Waals surface area (Å²) in [5.41, 5.74) is 8.15. The molecular weight excluding hydrogens is 949 g/mol. The molecule has 3 aromatic heterocycles. The fourth-order valence-electron chi connectivity index (χ4n) is 9.65. The molecule has 2 saturated heterocycles. The van der Waals surface area contributed by atoms with Gasteiger partial charge in [-0.25, -0.2) is 10.4 Å². The predicted molar refractivity (Wildman–Crippen MR) is 268 cm³/mol. The van der Waals surface area contributed by atoms with Crippen molar-refractivity contribution >= 4 is 74.4 Å². The molecule has 0 radical (unpaired) electrons. The Bertz CT molecular complexity index is 2510. The van der Waals surface area contributed by atoms with Gasteiger partial charge in [-0.05, 0) is 125 Å². The lowest BCUT2D eigenvalue weighted by atomic mass is 9.77. The Hall–Kier alpha value is -4.20. The van der Waals surface area contributed by atoms with E-state index in [0.29, 0.717) is 61.2 Å². The van der Waals surface area contributed by atoms with Crippen molar-refractivity contribution in [3.63, 3.8) is 0 Å². The number of hydrogen-bond acceptors (Lipinski definition) is 12. The Kier molecular flexibility index (Phi) is 15.7. The summed E-state index contributed by atoms with van der Waals surface area (Å²) in [5.74, 6) is -1.60. The number of methoxy groups -OCH3 is 1. The Labute approximate surface area is 414 Å². The predicted octanol–water partition coefficient (Wildman–Crippen LogP) is 7.10. The second-order valence-electron chi connectivity index (χ2n) is 20.7. The van der Waals surface area contributed by atoms with Crippen molar-refractivity contribution in [3.8, 4) is 11.3 Å². The molecule has 4 aromatic rings. The van der Waals surface area contributed by atoms with Crippen molar-refractivity contribution in [2.24, 2.45) is 11.3 Å². The average Bonchev–Trinajstić information content (AvgIpc) is 3.88. The number of carbonyl (C=O) groups excluding carboxylic acids is 4. The molecule has 3 amide bonds. The number of esters is 1. The number of hydrogen-bond donors (Lipinski definition) is 2. The maximum atomic E-state index is 14.5. The zero-order valence-electron chi connectivity index (χ0n) is 41.8. The number of rotatable bonds is 12. The number of nitrogens with zero attached hydrogens (tertiary/aromatic N) is 5. The molecule has 2 fully saturated rings. The molecule has 6 heterocycles. The van der Waals surface area contributed by atoms with Gasteiger partial charge in [0.2, 0.25) is 11.8 Å². The molecule has 2 N–H and O–H groups in total. The van der Waals surface area contributed by atoms with Gasteiger partial charge in [-0.3, -0.25) is 29.2 Å². The molecule has 18 heteroatoms. The second kappa shape index (κ2) is 20.6. The molecule has 3 aliphatic heterocycles. The van der Waals surface area contributed by atoms with E-state index in [4.69, 9.17) is 23.8 Å². The first-order valence-corrected chi connectivity index (χ1v) is 25.6. The van der Waals surface area contributed by atoms with Crippen LogP contribution in [0.25, 0.3) is 22.2 Å². The summed E-state index contributed by atoms with van der Waals surface area (Å²) in [6, 6.07) is 7.87. The fraction of sp³-hybridized carbons (Fsp3) is 0.600. The van der Waals surface area contributed by atoms with Gasteiger partial charge in [0.15, 0.2) is 3.92 Å². The summed E-state index contributed by atoms with van der Waals surface area (Å²) in [5, 5.41) is 5.48. The fourth-order valence-corrected chi connectivity index (χ4v) is 11.3. The summed E-state index contributed by atoms with van der Waals surface area (Å²) in [7, 11) is 2.78. The number of ether oxygens (including phenoxy) is 2. The van der Waals surface area contributed by atoms with Gasteiger partial charge in [0.05, 0.1) is 41.0 Å². The molecule has 7 rings (SSSR count). The van der Waals surface area contributed by atoms with E-state index < -0.39 is 59.6 Å². The van der Waals surface area contributed by atoms with E-state index >= 15 is 0 Å². The van der Waals surface area contributed by atoms with Gasteiger partial charge in [0.1, 0.15) is 18.1 Å². The minimum absolute atomic E-state index is 0.102. The first-order chi connectivity index (χ1) is 32.1. The van der Waals surface area contributed by atoms with E-state index in [1.807, 2.05) is 26.8 Å². The summed E-state index contributed by atoms with van der Waals surface area (Å²) >= 11 is 4.98. The molecule has 4 atom stereocenters. The van der Waals surface area contributed by atoms with Gasteiger partial charge >= 0.3 is 13.1 Å². The number of aryl methyl sites for hydroxylation is 2. The number of halogens is 1. The number of amides is 3. The van der Waals surface area contributed by atoms with Gasteiger partial charge in [-0.1, -0.05) is 39.8 Å². The molecule has 1 aromatic carbocycles. The van der Waals surface area contributed by atoms with Crippen LogP contribution in [0, 0.1) is 11.3 Å². The van der Waals surface area contributed by atoms with Crippen LogP contribution in [-0.4, -0.2) is 112 Å². The maximum Gasteiger partial charge on any atom is 0.494 e. The van der Waals surface area contributed by atoms with Crippen molar-refractivity contribution in [1.29, 1.82) is 0 Å². The average molecular weight is 1020 g/mol. The summed E-state index contributed by atoms with van der Waals surface area (Å²) in [6.45, 7) is 21.4. The number of fused-ring (bicyclic) bond motifs is 2. The zero-order valence-corrected chi connectivity index (χ0v) is 44.2. The molecule has 3 aliphatic rings. The van der Waals surface area contributed by atoms with E-state index in [1.54, 1.807) is 20.4 Å². The first kappa shape index (κ1) is 51.6. The van der Waals surface area contributed by atoms with E-state index in [2.05, 4.69) is 109 Å². The Morgan fingerprint density at radius 1 is 1.06 bits per heavy atom. The largest absolute Gasteiger partial charge is 0.494 e.